The van der Waals surface area contributed by atoms with Crippen LogP contribution in [-0.2, 0) is 0 Å². The summed E-state index contributed by atoms with van der Waals surface area (Å²) in [6.45, 7) is 2.04. The highest BCUT2D eigenvalue weighted by molar-refractivity contribution is 7.11. The van der Waals surface area contributed by atoms with E-state index in [9.17, 15) is 5.11 Å². The minimum atomic E-state index is -0.317. The van der Waals surface area contributed by atoms with Crippen molar-refractivity contribution < 1.29 is 5.11 Å². The van der Waals surface area contributed by atoms with Crippen LogP contribution >= 0.6 is 22.9 Å². The van der Waals surface area contributed by atoms with Crippen molar-refractivity contribution in [3.8, 4) is 0 Å². The Morgan fingerprint density at radius 3 is 2.83 bits per heavy atom. The molecule has 1 unspecified atom stereocenters. The second-order valence-electron chi connectivity index (χ2n) is 2.80. The average molecular weight is 205 g/mol. The van der Waals surface area contributed by atoms with E-state index in [0.717, 1.165) is 17.7 Å². The van der Waals surface area contributed by atoms with Crippen molar-refractivity contribution in [3.63, 3.8) is 0 Å². The molecule has 1 aromatic heterocycles. The van der Waals surface area contributed by atoms with E-state index in [-0.39, 0.29) is 6.10 Å². The quantitative estimate of drug-likeness (QED) is 0.748. The molecule has 0 aliphatic rings. The van der Waals surface area contributed by atoms with Crippen LogP contribution in [0.1, 0.15) is 28.7 Å². The van der Waals surface area contributed by atoms with Gasteiger partial charge in [0.05, 0.1) is 6.10 Å². The molecule has 0 amide bonds. The fourth-order valence-electron chi connectivity index (χ4n) is 1.05. The minimum Gasteiger partial charge on any atom is -0.388 e. The van der Waals surface area contributed by atoms with E-state index in [2.05, 4.69) is 0 Å². The normalized spacial score (nSPS) is 13.2. The van der Waals surface area contributed by atoms with Crippen LogP contribution in [0.25, 0.3) is 0 Å². The summed E-state index contributed by atoms with van der Waals surface area (Å²) in [5.41, 5.74) is 0. The van der Waals surface area contributed by atoms with Gasteiger partial charge >= 0.3 is 0 Å². The van der Waals surface area contributed by atoms with Crippen molar-refractivity contribution in [3.05, 3.63) is 21.9 Å². The molecule has 0 spiro atoms. The summed E-state index contributed by atoms with van der Waals surface area (Å²) < 4.78 is 0. The number of aliphatic hydroxyl groups excluding tert-OH is 1. The molecule has 0 aromatic carbocycles. The Hall–Kier alpha value is -0.0500. The maximum absolute atomic E-state index is 9.62. The molecule has 1 rings (SSSR count). The van der Waals surface area contributed by atoms with E-state index in [0.29, 0.717) is 5.88 Å². The summed E-state index contributed by atoms with van der Waals surface area (Å²) in [5, 5.41) is 9.62. The molecule has 1 heterocycles. The standard InChI is InChI=1S/C9H13ClOS/c1-7-4-5-9(12-7)8(11)3-2-6-10/h4-5,8,11H,2-3,6H2,1H3. The zero-order valence-corrected chi connectivity index (χ0v) is 8.66. The highest BCUT2D eigenvalue weighted by Crippen LogP contribution is 2.25. The van der Waals surface area contributed by atoms with Gasteiger partial charge < -0.3 is 5.11 Å². The summed E-state index contributed by atoms with van der Waals surface area (Å²) in [6.07, 6.45) is 1.32. The van der Waals surface area contributed by atoms with Gasteiger partial charge in [-0.1, -0.05) is 0 Å². The topological polar surface area (TPSA) is 20.2 Å². The average Bonchev–Trinajstić information content (AvgIpc) is 2.47. The molecule has 0 aliphatic carbocycles. The monoisotopic (exact) mass is 204 g/mol. The Morgan fingerprint density at radius 2 is 2.33 bits per heavy atom. The zero-order chi connectivity index (χ0) is 8.97. The van der Waals surface area contributed by atoms with Crippen LogP contribution in [0.3, 0.4) is 0 Å². The first kappa shape index (κ1) is 10.0. The van der Waals surface area contributed by atoms with Crippen LogP contribution in [0.4, 0.5) is 0 Å². The molecule has 0 saturated heterocycles. The van der Waals surface area contributed by atoms with E-state index in [4.69, 9.17) is 11.6 Å². The molecule has 1 nitrogen and oxygen atoms in total. The zero-order valence-electron chi connectivity index (χ0n) is 7.09. The predicted molar refractivity (Wildman–Crippen MR) is 54.0 cm³/mol. The van der Waals surface area contributed by atoms with Gasteiger partial charge in [0.15, 0.2) is 0 Å². The number of hydrogen-bond donors (Lipinski definition) is 1. The Balaban J connectivity index is 2.47. The fraction of sp³-hybridized carbons (Fsp3) is 0.556. The van der Waals surface area contributed by atoms with Gasteiger partial charge in [-0.25, -0.2) is 0 Å². The Bertz CT molecular complexity index is 234. The van der Waals surface area contributed by atoms with Crippen molar-refractivity contribution in [1.29, 1.82) is 0 Å². The van der Waals surface area contributed by atoms with Crippen LogP contribution in [-0.4, -0.2) is 11.0 Å². The third kappa shape index (κ3) is 2.77. The van der Waals surface area contributed by atoms with E-state index in [1.54, 1.807) is 11.3 Å². The summed E-state index contributed by atoms with van der Waals surface area (Å²) in [7, 11) is 0. The number of aryl methyl sites for hydroxylation is 1. The van der Waals surface area contributed by atoms with E-state index in [1.165, 1.54) is 4.88 Å². The second kappa shape index (κ2) is 4.85. The lowest BCUT2D eigenvalue weighted by Crippen LogP contribution is -1.94. The second-order valence-corrected chi connectivity index (χ2v) is 4.49. The largest absolute Gasteiger partial charge is 0.388 e. The van der Waals surface area contributed by atoms with Crippen LogP contribution in [0.5, 0.6) is 0 Å². The smallest absolute Gasteiger partial charge is 0.0882 e. The molecule has 68 valence electrons. The number of alkyl halides is 1. The molecule has 0 aliphatic heterocycles. The molecule has 1 atom stereocenters. The van der Waals surface area contributed by atoms with E-state index >= 15 is 0 Å². The summed E-state index contributed by atoms with van der Waals surface area (Å²) in [6, 6.07) is 4.02. The van der Waals surface area contributed by atoms with Gasteiger partial charge in [0, 0.05) is 15.6 Å². The SMILES string of the molecule is Cc1ccc(C(O)CCCCl)s1. The number of hydrogen-bond acceptors (Lipinski definition) is 2. The fourth-order valence-corrected chi connectivity index (χ4v) is 2.10. The van der Waals surface area contributed by atoms with Crippen LogP contribution in [0.15, 0.2) is 12.1 Å². The lowest BCUT2D eigenvalue weighted by Gasteiger charge is -2.05. The number of rotatable bonds is 4. The van der Waals surface area contributed by atoms with Crippen molar-refractivity contribution in [2.45, 2.75) is 25.9 Å². The molecule has 3 heteroatoms. The third-order valence-electron chi connectivity index (χ3n) is 1.70. The molecule has 1 aromatic rings. The molecule has 0 radical (unpaired) electrons. The van der Waals surface area contributed by atoms with Crippen molar-refractivity contribution in [1.82, 2.24) is 0 Å². The first-order valence-corrected chi connectivity index (χ1v) is 5.39. The maximum Gasteiger partial charge on any atom is 0.0882 e. The van der Waals surface area contributed by atoms with Crippen molar-refractivity contribution in [2.75, 3.05) is 5.88 Å². The van der Waals surface area contributed by atoms with E-state index < -0.39 is 0 Å². The molecular weight excluding hydrogens is 192 g/mol. The minimum absolute atomic E-state index is 0.317. The van der Waals surface area contributed by atoms with Crippen molar-refractivity contribution >= 4 is 22.9 Å². The van der Waals surface area contributed by atoms with Gasteiger partial charge in [0.1, 0.15) is 0 Å². The highest BCUT2D eigenvalue weighted by Gasteiger charge is 2.08. The Morgan fingerprint density at radius 1 is 1.58 bits per heavy atom. The lowest BCUT2D eigenvalue weighted by molar-refractivity contribution is 0.170. The van der Waals surface area contributed by atoms with E-state index in [1.807, 2.05) is 19.1 Å². The van der Waals surface area contributed by atoms with Gasteiger partial charge in [-0.05, 0) is 31.9 Å². The van der Waals surface area contributed by atoms with Crippen LogP contribution in [0, 0.1) is 6.92 Å². The van der Waals surface area contributed by atoms with Gasteiger partial charge in [-0.15, -0.1) is 22.9 Å². The van der Waals surface area contributed by atoms with Crippen molar-refractivity contribution in [2.24, 2.45) is 0 Å². The highest BCUT2D eigenvalue weighted by atomic mass is 35.5. The molecule has 1 N–H and O–H groups in total. The Kier molecular flexibility index (Phi) is 4.06. The van der Waals surface area contributed by atoms with Crippen LogP contribution < -0.4 is 0 Å². The number of thiophene rings is 1. The van der Waals surface area contributed by atoms with Gasteiger partial charge in [0.2, 0.25) is 0 Å². The van der Waals surface area contributed by atoms with Gasteiger partial charge in [-0.3, -0.25) is 0 Å². The maximum atomic E-state index is 9.62. The number of halogens is 1. The van der Waals surface area contributed by atoms with Crippen LogP contribution in [0.2, 0.25) is 0 Å². The predicted octanol–water partition coefficient (Wildman–Crippen LogP) is 3.11. The Labute approximate surface area is 82.0 Å². The molecule has 0 fully saturated rings. The third-order valence-corrected chi connectivity index (χ3v) is 3.07. The molecule has 0 saturated carbocycles. The first-order valence-electron chi connectivity index (χ1n) is 4.04. The summed E-state index contributed by atoms with van der Waals surface area (Å²) in [5.74, 6) is 0.626. The summed E-state index contributed by atoms with van der Waals surface area (Å²) in [4.78, 5) is 2.30. The number of aliphatic hydroxyl groups is 1. The molecule has 0 bridgehead atoms. The molecule has 12 heavy (non-hydrogen) atoms. The van der Waals surface area contributed by atoms with Gasteiger partial charge in [0.25, 0.3) is 0 Å². The molecular formula is C9H13ClOS. The summed E-state index contributed by atoms with van der Waals surface area (Å²) >= 11 is 7.18. The lowest BCUT2D eigenvalue weighted by atomic mass is 10.2. The first-order chi connectivity index (χ1) is 5.74. The van der Waals surface area contributed by atoms with Gasteiger partial charge in [-0.2, -0.15) is 0 Å².